The van der Waals surface area contributed by atoms with Gasteiger partial charge in [-0.2, -0.15) is 0 Å². The minimum absolute atomic E-state index is 0.0874. The van der Waals surface area contributed by atoms with Gasteiger partial charge in [-0.3, -0.25) is 9.69 Å². The summed E-state index contributed by atoms with van der Waals surface area (Å²) in [5.41, 5.74) is 4.95. The number of nitrogens with one attached hydrogen (secondary N) is 2. The lowest BCUT2D eigenvalue weighted by atomic mass is 9.95. The topological polar surface area (TPSA) is 96.1 Å². The van der Waals surface area contributed by atoms with Crippen molar-refractivity contribution in [1.29, 1.82) is 0 Å². The molecule has 3 heterocycles. The maximum Gasteiger partial charge on any atom is 0.406 e. The van der Waals surface area contributed by atoms with Crippen molar-refractivity contribution in [3.05, 3.63) is 47.5 Å². The van der Waals surface area contributed by atoms with Gasteiger partial charge < -0.3 is 29.4 Å². The molecular weight excluding hydrogens is 496 g/mol. The number of alkyl carbamates (subject to hydrolysis) is 1. The number of H-pyrrole nitrogens is 1. The van der Waals surface area contributed by atoms with Crippen LogP contribution in [0.25, 0.3) is 22.2 Å². The van der Waals surface area contributed by atoms with Crippen molar-refractivity contribution in [1.82, 2.24) is 20.1 Å². The van der Waals surface area contributed by atoms with Gasteiger partial charge in [0.2, 0.25) is 0 Å². The van der Waals surface area contributed by atoms with Crippen molar-refractivity contribution in [2.24, 2.45) is 11.8 Å². The molecule has 9 nitrogen and oxygen atoms in total. The molecule has 1 aromatic heterocycles. The lowest BCUT2D eigenvalue weighted by molar-refractivity contribution is 0.0769. The molecule has 2 N–H and O–H groups in total. The van der Waals surface area contributed by atoms with E-state index in [0.29, 0.717) is 29.9 Å². The largest absolute Gasteiger partial charge is 0.493 e. The van der Waals surface area contributed by atoms with E-state index >= 15 is 0 Å². The molecule has 2 saturated heterocycles. The normalized spacial score (nSPS) is 19.0. The molecule has 2 aromatic carbocycles. The maximum atomic E-state index is 13.6. The van der Waals surface area contributed by atoms with Crippen molar-refractivity contribution in [2.75, 3.05) is 60.6 Å². The van der Waals surface area contributed by atoms with Gasteiger partial charge in [-0.25, -0.2) is 4.79 Å². The van der Waals surface area contributed by atoms with E-state index in [1.165, 1.54) is 5.56 Å². The molecule has 0 bridgehead atoms. The van der Waals surface area contributed by atoms with Gasteiger partial charge in [0.25, 0.3) is 5.91 Å². The van der Waals surface area contributed by atoms with E-state index in [4.69, 9.17) is 14.2 Å². The summed E-state index contributed by atoms with van der Waals surface area (Å²) < 4.78 is 16.1. The molecule has 39 heavy (non-hydrogen) atoms. The Kier molecular flexibility index (Phi) is 7.70. The molecule has 9 heteroatoms. The van der Waals surface area contributed by atoms with E-state index in [2.05, 4.69) is 29.0 Å². The molecule has 208 valence electrons. The number of ether oxygens (including phenoxy) is 3. The number of carbonyl (C=O) groups is 2. The highest BCUT2D eigenvalue weighted by atomic mass is 16.5. The molecule has 2 unspecified atom stereocenters. The highest BCUT2D eigenvalue weighted by Gasteiger charge is 2.41. The van der Waals surface area contributed by atoms with Gasteiger partial charge in [0, 0.05) is 61.8 Å². The Morgan fingerprint density at radius 2 is 1.72 bits per heavy atom. The minimum atomic E-state index is -0.401. The Balaban J connectivity index is 1.33. The van der Waals surface area contributed by atoms with Crippen molar-refractivity contribution < 1.29 is 23.8 Å². The summed E-state index contributed by atoms with van der Waals surface area (Å²) in [6.07, 6.45) is -0.401. The van der Waals surface area contributed by atoms with Gasteiger partial charge in [0.15, 0.2) is 11.5 Å². The molecule has 2 atom stereocenters. The fraction of sp³-hybridized carbons (Fsp3) is 0.467. The molecule has 2 amide bonds. The Morgan fingerprint density at radius 3 is 2.36 bits per heavy atom. The summed E-state index contributed by atoms with van der Waals surface area (Å²) in [6, 6.07) is 11.9. The van der Waals surface area contributed by atoms with E-state index in [9.17, 15) is 9.59 Å². The third kappa shape index (κ3) is 5.28. The first kappa shape index (κ1) is 26.9. The fourth-order valence-corrected chi connectivity index (χ4v) is 6.13. The number of benzene rings is 2. The standard InChI is InChI=1S/C30H38N4O5/c1-18(2)27-23-12-20(6-8-24(23)32-28(27)19-7-9-25(37-4)26(13-19)38-5)29(35)34-16-21-14-33(15-22(21)17-34)10-11-39-30(36)31-3/h6-9,12-13,18,21-22,32H,10-11,14-17H2,1-5H3,(H,31,36). The zero-order chi connectivity index (χ0) is 27.7. The smallest absolute Gasteiger partial charge is 0.406 e. The molecule has 2 aliphatic rings. The second-order valence-corrected chi connectivity index (χ2v) is 10.8. The van der Waals surface area contributed by atoms with Crippen LogP contribution >= 0.6 is 0 Å². The zero-order valence-electron chi connectivity index (χ0n) is 23.4. The Hall–Kier alpha value is -3.72. The third-order valence-electron chi connectivity index (χ3n) is 8.03. The van der Waals surface area contributed by atoms with Crippen molar-refractivity contribution in [3.63, 3.8) is 0 Å². The van der Waals surface area contributed by atoms with Gasteiger partial charge in [-0.05, 0) is 59.7 Å². The van der Waals surface area contributed by atoms with Gasteiger partial charge in [-0.15, -0.1) is 0 Å². The maximum absolute atomic E-state index is 13.6. The van der Waals surface area contributed by atoms with Crippen molar-refractivity contribution in [3.8, 4) is 22.8 Å². The quantitative estimate of drug-likeness (QED) is 0.447. The molecule has 2 aliphatic heterocycles. The minimum Gasteiger partial charge on any atom is -0.493 e. The lowest BCUT2D eigenvalue weighted by Gasteiger charge is -2.21. The van der Waals surface area contributed by atoms with E-state index in [1.54, 1.807) is 21.3 Å². The van der Waals surface area contributed by atoms with Gasteiger partial charge in [0.05, 0.1) is 19.9 Å². The van der Waals surface area contributed by atoms with Crippen LogP contribution in [-0.4, -0.2) is 87.4 Å². The number of aromatic nitrogens is 1. The number of hydrogen-bond donors (Lipinski definition) is 2. The van der Waals surface area contributed by atoms with Gasteiger partial charge in [-0.1, -0.05) is 13.8 Å². The Bertz CT molecular complexity index is 1350. The summed E-state index contributed by atoms with van der Waals surface area (Å²) in [5.74, 6) is 2.60. The number of rotatable bonds is 8. The average molecular weight is 535 g/mol. The first-order valence-electron chi connectivity index (χ1n) is 13.6. The highest BCUT2D eigenvalue weighted by molar-refractivity contribution is 6.01. The second-order valence-electron chi connectivity index (χ2n) is 10.8. The van der Waals surface area contributed by atoms with E-state index in [-0.39, 0.29) is 11.8 Å². The average Bonchev–Trinajstić information content (AvgIpc) is 3.63. The number of amides is 2. The van der Waals surface area contributed by atoms with Crippen LogP contribution in [0.15, 0.2) is 36.4 Å². The number of aromatic amines is 1. The third-order valence-corrected chi connectivity index (χ3v) is 8.03. The van der Waals surface area contributed by atoms with Gasteiger partial charge >= 0.3 is 6.09 Å². The number of fused-ring (bicyclic) bond motifs is 2. The highest BCUT2D eigenvalue weighted by Crippen LogP contribution is 2.39. The Labute approximate surface area is 229 Å². The van der Waals surface area contributed by atoms with Crippen LogP contribution in [0, 0.1) is 11.8 Å². The summed E-state index contributed by atoms with van der Waals surface area (Å²) in [5, 5.41) is 3.54. The zero-order valence-corrected chi connectivity index (χ0v) is 23.4. The lowest BCUT2D eigenvalue weighted by Crippen LogP contribution is -2.34. The predicted octanol–water partition coefficient (Wildman–Crippen LogP) is 4.34. The fourth-order valence-electron chi connectivity index (χ4n) is 6.13. The number of hydrogen-bond acceptors (Lipinski definition) is 6. The number of carbonyl (C=O) groups excluding carboxylic acids is 2. The summed E-state index contributed by atoms with van der Waals surface area (Å²) in [7, 11) is 4.83. The van der Waals surface area contributed by atoms with Crippen LogP contribution < -0.4 is 14.8 Å². The number of likely N-dealkylation sites (tertiary alicyclic amines) is 2. The monoisotopic (exact) mass is 534 g/mol. The molecule has 0 saturated carbocycles. The van der Waals surface area contributed by atoms with Crippen LogP contribution in [0.4, 0.5) is 4.79 Å². The van der Waals surface area contributed by atoms with Crippen LogP contribution in [0.5, 0.6) is 11.5 Å². The van der Waals surface area contributed by atoms with Crippen LogP contribution in [-0.2, 0) is 4.74 Å². The first-order valence-corrected chi connectivity index (χ1v) is 13.6. The van der Waals surface area contributed by atoms with Crippen LogP contribution in [0.1, 0.15) is 35.7 Å². The van der Waals surface area contributed by atoms with E-state index < -0.39 is 6.09 Å². The molecule has 3 aromatic rings. The van der Waals surface area contributed by atoms with E-state index in [1.807, 2.05) is 41.3 Å². The molecule has 5 rings (SSSR count). The first-order chi connectivity index (χ1) is 18.8. The SMILES string of the molecule is CNC(=O)OCCN1CC2CN(C(=O)c3ccc4[nH]c(-c5ccc(OC)c(OC)c5)c(C(C)C)c4c3)CC2C1. The number of methoxy groups -OCH3 is 2. The molecule has 2 fully saturated rings. The Morgan fingerprint density at radius 1 is 1.00 bits per heavy atom. The van der Waals surface area contributed by atoms with Gasteiger partial charge in [0.1, 0.15) is 6.61 Å². The summed E-state index contributed by atoms with van der Waals surface area (Å²) in [4.78, 5) is 32.8. The molecule has 0 aliphatic carbocycles. The van der Waals surface area contributed by atoms with Crippen LogP contribution in [0.2, 0.25) is 0 Å². The summed E-state index contributed by atoms with van der Waals surface area (Å²) in [6.45, 7) is 8.82. The molecule has 0 radical (unpaired) electrons. The van der Waals surface area contributed by atoms with Crippen molar-refractivity contribution >= 4 is 22.9 Å². The van der Waals surface area contributed by atoms with Crippen molar-refractivity contribution in [2.45, 2.75) is 19.8 Å². The summed E-state index contributed by atoms with van der Waals surface area (Å²) >= 11 is 0. The van der Waals surface area contributed by atoms with Crippen LogP contribution in [0.3, 0.4) is 0 Å². The predicted molar refractivity (Wildman–Crippen MR) is 151 cm³/mol. The molecule has 0 spiro atoms. The second kappa shape index (κ2) is 11.2. The van der Waals surface area contributed by atoms with E-state index in [0.717, 1.165) is 60.4 Å². The molecular formula is C30H38N4O5. The number of nitrogens with zero attached hydrogens (tertiary/aromatic N) is 2.